The van der Waals surface area contributed by atoms with Gasteiger partial charge in [0.25, 0.3) is 0 Å². The van der Waals surface area contributed by atoms with Crippen LogP contribution in [-0.2, 0) is 4.79 Å². The van der Waals surface area contributed by atoms with Gasteiger partial charge in [-0.2, -0.15) is 5.10 Å². The lowest BCUT2D eigenvalue weighted by Crippen LogP contribution is -2.44. The van der Waals surface area contributed by atoms with Crippen LogP contribution in [0.4, 0.5) is 15.9 Å². The molecule has 5 heterocycles. The third-order valence-electron chi connectivity index (χ3n) is 6.92. The SMILES string of the molecule is CC(C)C(=O)Nc1cncc(-c2ccc3[nH]nc(-c4nc5c(N6CCN(C)CC6)nccc5[nH]4)c3c2F)c1. The van der Waals surface area contributed by atoms with Gasteiger partial charge in [-0.25, -0.2) is 14.4 Å². The standard InChI is InChI=1S/C27H28FN9O/c1-15(2)27(38)31-17-12-16(13-29-14-17)18-4-5-19-21(22(18)28)24(35-34-19)25-32-20-6-7-30-26(23(20)33-25)37-10-8-36(3)9-11-37/h4-7,12-15H,8-11H2,1-3H3,(H,31,38)(H,32,33)(H,34,35). The second-order valence-corrected chi connectivity index (χ2v) is 9.93. The average Bonchev–Trinajstić information content (AvgIpc) is 3.54. The highest BCUT2D eigenvalue weighted by Crippen LogP contribution is 2.35. The molecule has 1 aliphatic heterocycles. The van der Waals surface area contributed by atoms with E-state index in [0.29, 0.717) is 39.2 Å². The first-order valence-corrected chi connectivity index (χ1v) is 12.6. The summed E-state index contributed by atoms with van der Waals surface area (Å²) in [6.07, 6.45) is 4.88. The Morgan fingerprint density at radius 2 is 1.92 bits per heavy atom. The van der Waals surface area contributed by atoms with E-state index in [1.807, 2.05) is 19.9 Å². The minimum absolute atomic E-state index is 0.132. The summed E-state index contributed by atoms with van der Waals surface area (Å²) >= 11 is 0. The number of hydrogen-bond donors (Lipinski definition) is 3. The van der Waals surface area contributed by atoms with E-state index in [4.69, 9.17) is 4.98 Å². The van der Waals surface area contributed by atoms with Gasteiger partial charge in [0.15, 0.2) is 11.6 Å². The summed E-state index contributed by atoms with van der Waals surface area (Å²) in [6, 6.07) is 7.04. The van der Waals surface area contributed by atoms with Crippen molar-refractivity contribution in [2.24, 2.45) is 5.92 Å². The highest BCUT2D eigenvalue weighted by atomic mass is 19.1. The van der Waals surface area contributed by atoms with Crippen LogP contribution in [0.5, 0.6) is 0 Å². The third-order valence-corrected chi connectivity index (χ3v) is 6.92. The van der Waals surface area contributed by atoms with Crippen molar-refractivity contribution in [3.05, 3.63) is 48.7 Å². The molecule has 0 saturated carbocycles. The van der Waals surface area contributed by atoms with Crippen molar-refractivity contribution in [3.63, 3.8) is 0 Å². The van der Waals surface area contributed by atoms with Gasteiger partial charge < -0.3 is 20.1 Å². The quantitative estimate of drug-likeness (QED) is 0.324. The first kappa shape index (κ1) is 24.0. The van der Waals surface area contributed by atoms with E-state index in [1.165, 1.54) is 0 Å². The molecule has 10 nitrogen and oxygen atoms in total. The van der Waals surface area contributed by atoms with Gasteiger partial charge in [-0.1, -0.05) is 13.8 Å². The number of carbonyl (C=O) groups is 1. The van der Waals surface area contributed by atoms with E-state index in [-0.39, 0.29) is 11.8 Å². The van der Waals surface area contributed by atoms with Crippen molar-refractivity contribution in [2.75, 3.05) is 43.4 Å². The molecule has 1 amide bonds. The summed E-state index contributed by atoms with van der Waals surface area (Å²) in [5, 5.41) is 10.5. The van der Waals surface area contributed by atoms with Gasteiger partial charge in [0.1, 0.15) is 17.0 Å². The summed E-state index contributed by atoms with van der Waals surface area (Å²) in [6.45, 7) is 7.23. The van der Waals surface area contributed by atoms with Crippen LogP contribution in [0.2, 0.25) is 0 Å². The monoisotopic (exact) mass is 513 g/mol. The fourth-order valence-electron chi connectivity index (χ4n) is 4.69. The fourth-order valence-corrected chi connectivity index (χ4v) is 4.69. The molecule has 0 spiro atoms. The molecule has 0 aliphatic carbocycles. The minimum Gasteiger partial charge on any atom is -0.352 e. The molecule has 1 aliphatic rings. The topological polar surface area (TPSA) is 119 Å². The van der Waals surface area contributed by atoms with Gasteiger partial charge in [0.2, 0.25) is 5.91 Å². The molecule has 0 atom stereocenters. The Bertz CT molecular complexity index is 1650. The maximum Gasteiger partial charge on any atom is 0.226 e. The molecule has 11 heteroatoms. The van der Waals surface area contributed by atoms with Gasteiger partial charge in [-0.05, 0) is 31.3 Å². The molecule has 6 rings (SSSR count). The summed E-state index contributed by atoms with van der Waals surface area (Å²) in [5.74, 6) is 0.508. The zero-order valence-corrected chi connectivity index (χ0v) is 21.4. The molecule has 0 unspecified atom stereocenters. The maximum atomic E-state index is 16.1. The number of benzene rings is 1. The Hall–Kier alpha value is -4.38. The van der Waals surface area contributed by atoms with Crippen molar-refractivity contribution < 1.29 is 9.18 Å². The Kier molecular flexibility index (Phi) is 5.99. The number of nitrogens with zero attached hydrogens (tertiary/aromatic N) is 6. The Labute approximate surface area is 218 Å². The van der Waals surface area contributed by atoms with E-state index < -0.39 is 5.82 Å². The van der Waals surface area contributed by atoms with Crippen LogP contribution in [0.15, 0.2) is 42.9 Å². The molecule has 0 radical (unpaired) electrons. The van der Waals surface area contributed by atoms with Crippen molar-refractivity contribution in [1.29, 1.82) is 0 Å². The number of anilines is 2. The van der Waals surface area contributed by atoms with E-state index in [0.717, 1.165) is 43.0 Å². The molecule has 3 N–H and O–H groups in total. The van der Waals surface area contributed by atoms with Crippen LogP contribution in [0.1, 0.15) is 13.8 Å². The number of aromatic amines is 2. The highest BCUT2D eigenvalue weighted by Gasteiger charge is 2.23. The van der Waals surface area contributed by atoms with Crippen molar-refractivity contribution in [2.45, 2.75) is 13.8 Å². The van der Waals surface area contributed by atoms with Crippen LogP contribution in [0.3, 0.4) is 0 Å². The Balaban J connectivity index is 1.40. The first-order chi connectivity index (χ1) is 18.4. The number of fused-ring (bicyclic) bond motifs is 2. The molecule has 1 fully saturated rings. The summed E-state index contributed by atoms with van der Waals surface area (Å²) in [5.41, 5.74) is 3.89. The van der Waals surface area contributed by atoms with Crippen LogP contribution in [0, 0.1) is 11.7 Å². The molecule has 4 aromatic heterocycles. The maximum absolute atomic E-state index is 16.1. The zero-order chi connectivity index (χ0) is 26.4. The van der Waals surface area contributed by atoms with Crippen LogP contribution in [0.25, 0.3) is 44.6 Å². The van der Waals surface area contributed by atoms with E-state index in [1.54, 1.807) is 36.8 Å². The normalized spacial score (nSPS) is 14.6. The van der Waals surface area contributed by atoms with Crippen LogP contribution < -0.4 is 10.2 Å². The molecule has 194 valence electrons. The second-order valence-electron chi connectivity index (χ2n) is 9.93. The van der Waals surface area contributed by atoms with E-state index >= 15 is 4.39 Å². The molecule has 1 aromatic carbocycles. The van der Waals surface area contributed by atoms with Gasteiger partial charge in [0.05, 0.1) is 28.3 Å². The summed E-state index contributed by atoms with van der Waals surface area (Å²) in [4.78, 5) is 33.6. The zero-order valence-electron chi connectivity index (χ0n) is 21.4. The molecular formula is C27H28FN9O. The van der Waals surface area contributed by atoms with Gasteiger partial charge >= 0.3 is 0 Å². The number of hydrogen-bond acceptors (Lipinski definition) is 7. The number of rotatable bonds is 5. The van der Waals surface area contributed by atoms with Crippen LogP contribution >= 0.6 is 0 Å². The first-order valence-electron chi connectivity index (χ1n) is 12.6. The number of aromatic nitrogens is 6. The van der Waals surface area contributed by atoms with E-state index in [9.17, 15) is 4.79 Å². The lowest BCUT2D eigenvalue weighted by Gasteiger charge is -2.33. The number of pyridine rings is 2. The lowest BCUT2D eigenvalue weighted by atomic mass is 10.0. The Morgan fingerprint density at radius 1 is 1.11 bits per heavy atom. The summed E-state index contributed by atoms with van der Waals surface area (Å²) in [7, 11) is 2.11. The number of carbonyl (C=O) groups excluding carboxylic acids is 1. The number of halogens is 1. The second kappa shape index (κ2) is 9.49. The molecule has 0 bridgehead atoms. The molecule has 38 heavy (non-hydrogen) atoms. The smallest absolute Gasteiger partial charge is 0.226 e. The number of H-pyrrole nitrogens is 2. The predicted octanol–water partition coefficient (Wildman–Crippen LogP) is 4.05. The number of nitrogens with one attached hydrogen (secondary N) is 3. The average molecular weight is 514 g/mol. The highest BCUT2D eigenvalue weighted by molar-refractivity contribution is 5.98. The molecular weight excluding hydrogens is 485 g/mol. The number of likely N-dealkylation sites (N-methyl/N-ethyl adjacent to an activating group) is 1. The van der Waals surface area contributed by atoms with Crippen molar-refractivity contribution in [1.82, 2.24) is 35.0 Å². The van der Waals surface area contributed by atoms with Gasteiger partial charge in [-0.15, -0.1) is 0 Å². The predicted molar refractivity (Wildman–Crippen MR) is 145 cm³/mol. The molecule has 5 aromatic rings. The van der Waals surface area contributed by atoms with Gasteiger partial charge in [-0.3, -0.25) is 14.9 Å². The van der Waals surface area contributed by atoms with E-state index in [2.05, 4.69) is 47.3 Å². The lowest BCUT2D eigenvalue weighted by molar-refractivity contribution is -0.118. The van der Waals surface area contributed by atoms with Crippen LogP contribution in [-0.4, -0.2) is 74.2 Å². The largest absolute Gasteiger partial charge is 0.352 e. The van der Waals surface area contributed by atoms with Gasteiger partial charge in [0, 0.05) is 55.6 Å². The van der Waals surface area contributed by atoms with Crippen molar-refractivity contribution >= 4 is 39.3 Å². The summed E-state index contributed by atoms with van der Waals surface area (Å²) < 4.78 is 16.1. The number of piperazine rings is 1. The number of amides is 1. The molecule has 1 saturated heterocycles. The number of imidazole rings is 1. The third kappa shape index (κ3) is 4.24. The fraction of sp³-hybridized carbons (Fsp3) is 0.296. The Morgan fingerprint density at radius 3 is 2.71 bits per heavy atom. The van der Waals surface area contributed by atoms with Crippen molar-refractivity contribution in [3.8, 4) is 22.6 Å². The minimum atomic E-state index is -0.446.